The molecule has 1 heterocycles. The molecular formula is C18H28N4O7. The number of nitrogens with one attached hydrogen (secondary N) is 3. The summed E-state index contributed by atoms with van der Waals surface area (Å²) in [5, 5.41) is 28.9. The van der Waals surface area contributed by atoms with Crippen LogP contribution in [-0.4, -0.2) is 58.3 Å². The Morgan fingerprint density at radius 1 is 1.24 bits per heavy atom. The van der Waals surface area contributed by atoms with Crippen LogP contribution in [0, 0.1) is 19.8 Å². The minimum atomic E-state index is -0.806. The van der Waals surface area contributed by atoms with E-state index >= 15 is 0 Å². The summed E-state index contributed by atoms with van der Waals surface area (Å²) in [6, 6.07) is -0.414. The predicted molar refractivity (Wildman–Crippen MR) is 100 cm³/mol. The Hall–Kier alpha value is -2.95. The first-order valence-corrected chi connectivity index (χ1v) is 9.18. The molecule has 1 aromatic heterocycles. The number of amides is 3. The normalized spacial score (nSPS) is 20.6. The van der Waals surface area contributed by atoms with Gasteiger partial charge in [-0.1, -0.05) is 5.16 Å². The van der Waals surface area contributed by atoms with Gasteiger partial charge in [0.25, 0.3) is 6.47 Å². The van der Waals surface area contributed by atoms with Crippen LogP contribution < -0.4 is 16.0 Å². The third-order valence-corrected chi connectivity index (χ3v) is 4.65. The van der Waals surface area contributed by atoms with E-state index in [4.69, 9.17) is 14.4 Å². The predicted octanol–water partition coefficient (Wildman–Crippen LogP) is -0.610. The van der Waals surface area contributed by atoms with Gasteiger partial charge in [-0.3, -0.25) is 19.2 Å². The Bertz CT molecular complexity index is 700. The van der Waals surface area contributed by atoms with Crippen LogP contribution >= 0.6 is 0 Å². The highest BCUT2D eigenvalue weighted by atomic mass is 16.5. The van der Waals surface area contributed by atoms with Gasteiger partial charge in [-0.15, -0.1) is 0 Å². The number of hydrogen-bond acceptors (Lipinski definition) is 7. The van der Waals surface area contributed by atoms with Gasteiger partial charge in [-0.2, -0.15) is 0 Å². The highest BCUT2D eigenvalue weighted by Crippen LogP contribution is 2.25. The zero-order valence-corrected chi connectivity index (χ0v) is 16.7. The van der Waals surface area contributed by atoms with Crippen LogP contribution in [0.2, 0.25) is 0 Å². The van der Waals surface area contributed by atoms with E-state index < -0.39 is 12.1 Å². The van der Waals surface area contributed by atoms with E-state index in [1.807, 2.05) is 6.92 Å². The van der Waals surface area contributed by atoms with E-state index in [2.05, 4.69) is 21.1 Å². The Labute approximate surface area is 168 Å². The molecule has 1 aromatic rings. The second-order valence-electron chi connectivity index (χ2n) is 6.79. The van der Waals surface area contributed by atoms with Crippen LogP contribution in [0.5, 0.6) is 0 Å². The van der Waals surface area contributed by atoms with Crippen LogP contribution in [0.3, 0.4) is 0 Å². The largest absolute Gasteiger partial charge is 0.483 e. The zero-order valence-electron chi connectivity index (χ0n) is 16.7. The van der Waals surface area contributed by atoms with Crippen molar-refractivity contribution in [1.29, 1.82) is 0 Å². The summed E-state index contributed by atoms with van der Waals surface area (Å²) in [5.74, 6) is -0.417. The van der Waals surface area contributed by atoms with Crippen molar-refractivity contribution in [2.24, 2.45) is 5.92 Å². The van der Waals surface area contributed by atoms with Gasteiger partial charge in [0, 0.05) is 24.9 Å². The van der Waals surface area contributed by atoms with Crippen molar-refractivity contribution in [2.45, 2.75) is 58.7 Å². The van der Waals surface area contributed by atoms with Crippen molar-refractivity contribution in [1.82, 2.24) is 21.1 Å². The molecule has 11 nitrogen and oxygen atoms in total. The molecule has 0 aromatic carbocycles. The Kier molecular flexibility index (Phi) is 9.80. The number of hydrogen-bond donors (Lipinski definition) is 5. The van der Waals surface area contributed by atoms with Gasteiger partial charge in [0.1, 0.15) is 5.76 Å². The standard InChI is InChI=1S/C17H26N4O5.CH2O2/c1-9-13(10(2)26-21-9)7-19-17(25)12-4-5-14(15(23)6-12)20-16(24)8-18-11(3)22;2-1-3/h12,14-15,23H,4-8H2,1-3H3,(H,18,22)(H,19,25)(H,20,24);1H,(H,2,3)/t12-,14+,15+;/m0./s1. The van der Waals surface area contributed by atoms with Crippen molar-refractivity contribution in [2.75, 3.05) is 6.54 Å². The minimum Gasteiger partial charge on any atom is -0.483 e. The lowest BCUT2D eigenvalue weighted by Gasteiger charge is -2.33. The van der Waals surface area contributed by atoms with Gasteiger partial charge in [-0.05, 0) is 33.1 Å². The first kappa shape index (κ1) is 24.1. The molecule has 1 saturated carbocycles. The molecule has 0 saturated heterocycles. The maximum atomic E-state index is 12.4. The molecule has 0 aliphatic heterocycles. The van der Waals surface area contributed by atoms with Gasteiger partial charge in [0.15, 0.2) is 0 Å². The number of aliphatic hydroxyl groups excluding tert-OH is 1. The highest BCUT2D eigenvalue weighted by molar-refractivity contribution is 5.84. The van der Waals surface area contributed by atoms with Crippen LogP contribution in [-0.2, 0) is 25.7 Å². The summed E-state index contributed by atoms with van der Waals surface area (Å²) in [6.07, 6.45) is 0.532. The Morgan fingerprint density at radius 2 is 1.90 bits per heavy atom. The molecule has 5 N–H and O–H groups in total. The third-order valence-electron chi connectivity index (χ3n) is 4.65. The number of carbonyl (C=O) groups is 4. The summed E-state index contributed by atoms with van der Waals surface area (Å²) in [7, 11) is 0. The number of nitrogens with zero attached hydrogens (tertiary/aromatic N) is 1. The summed E-state index contributed by atoms with van der Waals surface area (Å²) in [6.45, 7) is 4.90. The van der Waals surface area contributed by atoms with Crippen molar-refractivity contribution in [3.05, 3.63) is 17.0 Å². The SMILES string of the molecule is CC(=O)NCC(=O)N[C@@H]1CC[C@H](C(=O)NCc2c(C)noc2C)C[C@H]1O.O=CO. The number of carbonyl (C=O) groups excluding carboxylic acids is 3. The second-order valence-corrected chi connectivity index (χ2v) is 6.79. The van der Waals surface area contributed by atoms with E-state index in [1.165, 1.54) is 6.92 Å². The van der Waals surface area contributed by atoms with E-state index in [0.29, 0.717) is 25.1 Å². The van der Waals surface area contributed by atoms with Crippen LogP contribution in [0.15, 0.2) is 4.52 Å². The van der Waals surface area contributed by atoms with Gasteiger partial charge in [0.2, 0.25) is 17.7 Å². The van der Waals surface area contributed by atoms with E-state index in [9.17, 15) is 19.5 Å². The quantitative estimate of drug-likeness (QED) is 0.385. The van der Waals surface area contributed by atoms with Crippen molar-refractivity contribution < 1.29 is 33.9 Å². The smallest absolute Gasteiger partial charge is 0.290 e. The molecule has 162 valence electrons. The first-order chi connectivity index (χ1) is 13.7. The number of carboxylic acid groups (broad SMARTS) is 1. The minimum absolute atomic E-state index is 0.125. The van der Waals surface area contributed by atoms with E-state index in [-0.39, 0.29) is 43.1 Å². The molecule has 1 fully saturated rings. The monoisotopic (exact) mass is 412 g/mol. The molecule has 29 heavy (non-hydrogen) atoms. The van der Waals surface area contributed by atoms with Crippen molar-refractivity contribution >= 4 is 24.2 Å². The molecule has 0 radical (unpaired) electrons. The van der Waals surface area contributed by atoms with Gasteiger partial charge >= 0.3 is 0 Å². The lowest BCUT2D eigenvalue weighted by Crippen LogP contribution is -2.51. The number of aromatic nitrogens is 1. The van der Waals surface area contributed by atoms with E-state index in [0.717, 1.165) is 11.3 Å². The summed E-state index contributed by atoms with van der Waals surface area (Å²) in [5.41, 5.74) is 1.60. The summed E-state index contributed by atoms with van der Waals surface area (Å²) < 4.78 is 5.07. The lowest BCUT2D eigenvalue weighted by molar-refractivity contribution is -0.129. The molecule has 1 aliphatic carbocycles. The van der Waals surface area contributed by atoms with Crippen LogP contribution in [0.4, 0.5) is 0 Å². The molecule has 0 unspecified atom stereocenters. The van der Waals surface area contributed by atoms with Gasteiger partial charge < -0.3 is 30.7 Å². The lowest BCUT2D eigenvalue weighted by atomic mass is 9.83. The Morgan fingerprint density at radius 3 is 2.41 bits per heavy atom. The summed E-state index contributed by atoms with van der Waals surface area (Å²) in [4.78, 5) is 43.3. The molecule has 3 amide bonds. The number of aryl methyl sites for hydroxylation is 2. The fourth-order valence-corrected chi connectivity index (χ4v) is 3.09. The van der Waals surface area contributed by atoms with Gasteiger partial charge in [-0.25, -0.2) is 0 Å². The fraction of sp³-hybridized carbons (Fsp3) is 0.611. The third kappa shape index (κ3) is 7.90. The fourth-order valence-electron chi connectivity index (χ4n) is 3.09. The van der Waals surface area contributed by atoms with Gasteiger partial charge in [0.05, 0.1) is 24.4 Å². The summed E-state index contributed by atoms with van der Waals surface area (Å²) >= 11 is 0. The van der Waals surface area contributed by atoms with Crippen LogP contribution in [0.25, 0.3) is 0 Å². The average molecular weight is 412 g/mol. The maximum Gasteiger partial charge on any atom is 0.290 e. The average Bonchev–Trinajstić information content (AvgIpc) is 2.98. The highest BCUT2D eigenvalue weighted by Gasteiger charge is 2.33. The van der Waals surface area contributed by atoms with E-state index in [1.54, 1.807) is 6.92 Å². The topological polar surface area (TPSA) is 171 Å². The van der Waals surface area contributed by atoms with Crippen LogP contribution in [0.1, 0.15) is 43.2 Å². The zero-order chi connectivity index (χ0) is 22.0. The second kappa shape index (κ2) is 11.8. The first-order valence-electron chi connectivity index (χ1n) is 9.18. The maximum absolute atomic E-state index is 12.4. The number of rotatable bonds is 6. The Balaban J connectivity index is 0.00000132. The molecule has 11 heteroatoms. The number of aliphatic hydroxyl groups is 1. The molecule has 3 atom stereocenters. The van der Waals surface area contributed by atoms with Crippen molar-refractivity contribution in [3.8, 4) is 0 Å². The van der Waals surface area contributed by atoms with Crippen molar-refractivity contribution in [3.63, 3.8) is 0 Å². The molecule has 2 rings (SSSR count). The molecule has 0 spiro atoms. The molecule has 0 bridgehead atoms. The molecular weight excluding hydrogens is 384 g/mol. The molecule has 1 aliphatic rings.